The molecule has 0 bridgehead atoms. The molecule has 30 heavy (non-hydrogen) atoms. The first kappa shape index (κ1) is 24.3. The van der Waals surface area contributed by atoms with E-state index in [4.69, 9.17) is 0 Å². The van der Waals surface area contributed by atoms with E-state index in [0.29, 0.717) is 0 Å². The second-order valence-corrected chi connectivity index (χ2v) is 12.2. The summed E-state index contributed by atoms with van der Waals surface area (Å²) in [5, 5.41) is 1.74. The van der Waals surface area contributed by atoms with Crippen molar-refractivity contribution in [2.45, 2.75) is 75.5 Å². The molecule has 0 heterocycles. The van der Waals surface area contributed by atoms with Crippen LogP contribution in [0.15, 0.2) is 48.5 Å². The Kier molecular flexibility index (Phi) is 10.3. The van der Waals surface area contributed by atoms with E-state index in [-0.39, 0.29) is 0 Å². The predicted molar refractivity (Wildman–Crippen MR) is 134 cm³/mol. The van der Waals surface area contributed by atoms with E-state index in [9.17, 15) is 0 Å². The molecule has 0 atom stereocenters. The Morgan fingerprint density at radius 3 is 1.70 bits per heavy atom. The minimum absolute atomic E-state index is 0.561. The molecule has 0 radical (unpaired) electrons. The van der Waals surface area contributed by atoms with Gasteiger partial charge in [0.25, 0.3) is 0 Å². The molecular formula is C26H37AuClNP+. The van der Waals surface area contributed by atoms with Gasteiger partial charge in [-0.3, -0.25) is 0 Å². The van der Waals surface area contributed by atoms with Crippen LogP contribution in [0.5, 0.6) is 0 Å². The van der Waals surface area contributed by atoms with Gasteiger partial charge in [0.15, 0.2) is 0 Å². The van der Waals surface area contributed by atoms with Crippen LogP contribution in [0.2, 0.25) is 0 Å². The summed E-state index contributed by atoms with van der Waals surface area (Å²) in [7, 11) is 8.38. The molecule has 2 saturated carbocycles. The van der Waals surface area contributed by atoms with Crippen LogP contribution < -0.4 is 10.2 Å². The minimum atomic E-state index is -0.561. The Morgan fingerprint density at radius 1 is 0.700 bits per heavy atom. The van der Waals surface area contributed by atoms with Gasteiger partial charge in [-0.25, -0.2) is 0 Å². The molecule has 0 saturated heterocycles. The Bertz CT molecular complexity index is 751. The molecule has 0 aliphatic heterocycles. The molecule has 0 spiro atoms. The zero-order valence-corrected chi connectivity index (χ0v) is 22.4. The first-order valence-electron chi connectivity index (χ1n) is 11.6. The standard InChI is InChI=1S/C26H36NP.Au.ClH/c1-27(2)25-19-11-9-17-23(25)24-18-10-12-20-26(24)28(21-13-5-3-6-14-21)22-15-7-4-8-16-22;;/h9-12,17-22H,3-8,13-16H2,1-2H3;;1H/q;+1;. The van der Waals surface area contributed by atoms with Crippen molar-refractivity contribution in [3.8, 4) is 11.1 Å². The number of hydrogen-bond donors (Lipinski definition) is 0. The molecule has 2 aliphatic carbocycles. The van der Waals surface area contributed by atoms with Crippen molar-refractivity contribution in [2.24, 2.45) is 0 Å². The van der Waals surface area contributed by atoms with Crippen LogP contribution >= 0.6 is 17.1 Å². The van der Waals surface area contributed by atoms with E-state index >= 15 is 0 Å². The summed E-state index contributed by atoms with van der Waals surface area (Å²) in [6.07, 6.45) is 14.7. The summed E-state index contributed by atoms with van der Waals surface area (Å²) in [6, 6.07) is 18.5. The zero-order valence-electron chi connectivity index (χ0n) is 18.5. The summed E-state index contributed by atoms with van der Waals surface area (Å²) in [5.41, 5.74) is 6.27. The number of nitrogens with zero attached hydrogens (tertiary/aromatic N) is 1. The molecule has 0 amide bonds. The van der Waals surface area contributed by atoms with Crippen molar-refractivity contribution in [3.05, 3.63) is 48.5 Å². The van der Waals surface area contributed by atoms with Crippen molar-refractivity contribution in [1.29, 1.82) is 0 Å². The zero-order chi connectivity index (χ0) is 21.3. The van der Waals surface area contributed by atoms with E-state index < -0.39 is 7.92 Å². The SMILES string of the molecule is CN(C)c1ccccc1-c1ccccc1[PH+](C1CCCCC1)C1CCCCC1.[Cl][Au]. The van der Waals surface area contributed by atoms with Crippen LogP contribution in [0.3, 0.4) is 0 Å². The number of halogens is 1. The van der Waals surface area contributed by atoms with Crippen molar-refractivity contribution in [1.82, 2.24) is 0 Å². The number of hydrogen-bond acceptors (Lipinski definition) is 1. The van der Waals surface area contributed by atoms with Gasteiger partial charge >= 0.3 is 29.2 Å². The second-order valence-electron chi connectivity index (χ2n) is 9.08. The van der Waals surface area contributed by atoms with Crippen LogP contribution in [-0.4, -0.2) is 25.4 Å². The summed E-state index contributed by atoms with van der Waals surface area (Å²) in [4.78, 5) is 2.28. The third kappa shape index (κ3) is 5.93. The first-order valence-corrected chi connectivity index (χ1v) is 15.9. The van der Waals surface area contributed by atoms with Gasteiger partial charge in [-0.1, -0.05) is 49.2 Å². The van der Waals surface area contributed by atoms with E-state index in [2.05, 4.69) is 76.7 Å². The molecule has 2 aromatic rings. The maximum absolute atomic E-state index is 4.58. The fraction of sp³-hybridized carbons (Fsp3) is 0.538. The van der Waals surface area contributed by atoms with E-state index in [1.165, 1.54) is 81.0 Å². The summed E-state index contributed by atoms with van der Waals surface area (Å²) in [6.45, 7) is 0. The van der Waals surface area contributed by atoms with Crippen molar-refractivity contribution in [3.63, 3.8) is 0 Å². The van der Waals surface area contributed by atoms with Crippen LogP contribution in [0.1, 0.15) is 64.2 Å². The van der Waals surface area contributed by atoms with Crippen LogP contribution in [0.25, 0.3) is 11.1 Å². The van der Waals surface area contributed by atoms with Gasteiger partial charge in [0.1, 0.15) is 0 Å². The second kappa shape index (κ2) is 12.7. The fourth-order valence-electron chi connectivity index (χ4n) is 5.66. The molecule has 0 unspecified atom stereocenters. The van der Waals surface area contributed by atoms with Gasteiger partial charge in [0.05, 0.1) is 16.6 Å². The Labute approximate surface area is 201 Å². The maximum atomic E-state index is 4.58. The van der Waals surface area contributed by atoms with Crippen molar-refractivity contribution < 1.29 is 20.0 Å². The van der Waals surface area contributed by atoms with Crippen LogP contribution in [-0.2, 0) is 20.0 Å². The van der Waals surface area contributed by atoms with E-state index in [1.807, 2.05) is 0 Å². The Morgan fingerprint density at radius 2 is 1.17 bits per heavy atom. The van der Waals surface area contributed by atoms with Crippen LogP contribution in [0, 0.1) is 0 Å². The van der Waals surface area contributed by atoms with Gasteiger partial charge in [0, 0.05) is 38.8 Å². The predicted octanol–water partition coefficient (Wildman–Crippen LogP) is 7.61. The van der Waals surface area contributed by atoms with Gasteiger partial charge in [-0.05, 0) is 63.5 Å². The normalized spacial score (nSPS) is 18.1. The quantitative estimate of drug-likeness (QED) is 0.244. The Hall–Kier alpha value is -0.300. The first-order chi connectivity index (χ1) is 14.8. The Balaban J connectivity index is 0.00000124. The molecule has 1 nitrogen and oxygen atoms in total. The van der Waals surface area contributed by atoms with Gasteiger partial charge < -0.3 is 4.90 Å². The summed E-state index contributed by atoms with van der Waals surface area (Å²) >= 11 is 1.75. The number of benzene rings is 2. The van der Waals surface area contributed by atoms with Gasteiger partial charge in [-0.2, -0.15) is 0 Å². The fourth-order valence-corrected chi connectivity index (χ4v) is 10.1. The van der Waals surface area contributed by atoms with Gasteiger partial charge in [-0.15, -0.1) is 0 Å². The number of anilines is 1. The third-order valence-corrected chi connectivity index (χ3v) is 11.0. The molecule has 4 rings (SSSR count). The van der Waals surface area contributed by atoms with Crippen LogP contribution in [0.4, 0.5) is 5.69 Å². The van der Waals surface area contributed by atoms with E-state index in [1.54, 1.807) is 25.3 Å². The van der Waals surface area contributed by atoms with Gasteiger partial charge in [0.2, 0.25) is 0 Å². The molecule has 2 aliphatic rings. The molecule has 2 aromatic carbocycles. The van der Waals surface area contributed by atoms with E-state index in [0.717, 1.165) is 11.3 Å². The molecule has 0 aromatic heterocycles. The number of rotatable bonds is 5. The average molecular weight is 627 g/mol. The molecular weight excluding hydrogens is 590 g/mol. The third-order valence-electron chi connectivity index (χ3n) is 7.00. The summed E-state index contributed by atoms with van der Waals surface area (Å²) < 4.78 is 0. The molecule has 168 valence electrons. The number of para-hydroxylation sites is 1. The van der Waals surface area contributed by atoms with Crippen molar-refractivity contribution in [2.75, 3.05) is 19.0 Å². The average Bonchev–Trinajstić information content (AvgIpc) is 2.82. The molecule has 4 heteroatoms. The summed E-state index contributed by atoms with van der Waals surface area (Å²) in [5.74, 6) is 0. The van der Waals surface area contributed by atoms with Crippen molar-refractivity contribution >= 4 is 28.1 Å². The monoisotopic (exact) mass is 626 g/mol. The molecule has 0 N–H and O–H groups in total. The topological polar surface area (TPSA) is 3.24 Å². The molecule has 2 fully saturated rings.